The highest BCUT2D eigenvalue weighted by molar-refractivity contribution is 5.98. The van der Waals surface area contributed by atoms with Crippen molar-refractivity contribution >= 4 is 22.8 Å². The molecule has 2 aliphatic heterocycles. The van der Waals surface area contributed by atoms with Crippen LogP contribution in [0.15, 0.2) is 28.7 Å². The van der Waals surface area contributed by atoms with Crippen LogP contribution in [0.1, 0.15) is 22.5 Å². The summed E-state index contributed by atoms with van der Waals surface area (Å²) in [5.74, 6) is 1.24. The minimum Gasteiger partial charge on any atom is -0.461 e. The lowest BCUT2D eigenvalue weighted by Gasteiger charge is -2.17. The molecule has 2 aromatic rings. The third kappa shape index (κ3) is 2.00. The van der Waals surface area contributed by atoms with Gasteiger partial charge in [0.15, 0.2) is 0 Å². The molecule has 5 nitrogen and oxygen atoms in total. The van der Waals surface area contributed by atoms with E-state index >= 15 is 0 Å². The first-order valence-electron chi connectivity index (χ1n) is 7.19. The van der Waals surface area contributed by atoms with E-state index in [4.69, 9.17) is 4.42 Å². The molecule has 2 saturated heterocycles. The minimum absolute atomic E-state index is 0.0272. The maximum absolute atomic E-state index is 12.6. The number of nitrogens with zero attached hydrogens (tertiary/aromatic N) is 1. The number of rotatable bonds is 1. The van der Waals surface area contributed by atoms with Gasteiger partial charge in [-0.15, -0.1) is 0 Å². The van der Waals surface area contributed by atoms with Crippen LogP contribution in [0.25, 0.3) is 11.0 Å². The van der Waals surface area contributed by atoms with E-state index in [2.05, 4.69) is 5.32 Å². The van der Waals surface area contributed by atoms with Crippen LogP contribution in [0, 0.1) is 12.8 Å². The fourth-order valence-corrected chi connectivity index (χ4v) is 3.40. The highest BCUT2D eigenvalue weighted by Crippen LogP contribution is 2.27. The van der Waals surface area contributed by atoms with E-state index in [1.807, 2.05) is 30.0 Å². The van der Waals surface area contributed by atoms with Crippen LogP contribution in [0.3, 0.4) is 0 Å². The van der Waals surface area contributed by atoms with Gasteiger partial charge in [-0.3, -0.25) is 9.59 Å². The summed E-state index contributed by atoms with van der Waals surface area (Å²) < 4.78 is 5.53. The van der Waals surface area contributed by atoms with Crippen molar-refractivity contribution in [2.24, 2.45) is 5.92 Å². The molecule has 5 heteroatoms. The molecule has 0 unspecified atom stereocenters. The van der Waals surface area contributed by atoms with Gasteiger partial charge in [-0.25, -0.2) is 0 Å². The molecule has 0 radical (unpaired) electrons. The molecule has 1 aromatic carbocycles. The van der Waals surface area contributed by atoms with Gasteiger partial charge in [-0.1, -0.05) is 0 Å². The average Bonchev–Trinajstić information content (AvgIpc) is 3.07. The van der Waals surface area contributed by atoms with Crippen molar-refractivity contribution in [1.82, 2.24) is 10.2 Å². The molecule has 4 rings (SSSR count). The fourth-order valence-electron chi connectivity index (χ4n) is 3.40. The molecule has 2 aliphatic rings. The summed E-state index contributed by atoms with van der Waals surface area (Å²) >= 11 is 0. The molecule has 2 amide bonds. The Bertz CT molecular complexity index is 733. The van der Waals surface area contributed by atoms with Gasteiger partial charge >= 0.3 is 0 Å². The normalized spacial score (nSPS) is 24.4. The topological polar surface area (TPSA) is 62.6 Å². The smallest absolute Gasteiger partial charge is 0.253 e. The quantitative estimate of drug-likeness (QED) is 0.867. The van der Waals surface area contributed by atoms with E-state index in [0.717, 1.165) is 16.7 Å². The molecule has 1 N–H and O–H groups in total. The Morgan fingerprint density at radius 3 is 3.00 bits per heavy atom. The van der Waals surface area contributed by atoms with E-state index in [-0.39, 0.29) is 23.8 Å². The Balaban J connectivity index is 1.58. The predicted octanol–water partition coefficient (Wildman–Crippen LogP) is 1.70. The van der Waals surface area contributed by atoms with Gasteiger partial charge in [0, 0.05) is 36.4 Å². The zero-order valence-electron chi connectivity index (χ0n) is 11.8. The number of carbonyl (C=O) groups is 2. The molecule has 0 bridgehead atoms. The van der Waals surface area contributed by atoms with Crippen LogP contribution in [0.2, 0.25) is 0 Å². The number of furan rings is 1. The van der Waals surface area contributed by atoms with Gasteiger partial charge in [-0.2, -0.15) is 0 Å². The number of hydrogen-bond acceptors (Lipinski definition) is 3. The Kier molecular flexibility index (Phi) is 2.58. The highest BCUT2D eigenvalue weighted by atomic mass is 16.3. The molecule has 21 heavy (non-hydrogen) atoms. The summed E-state index contributed by atoms with van der Waals surface area (Å²) in [7, 11) is 0. The highest BCUT2D eigenvalue weighted by Gasteiger charge is 2.41. The van der Waals surface area contributed by atoms with Crippen molar-refractivity contribution < 1.29 is 14.0 Å². The van der Waals surface area contributed by atoms with E-state index in [9.17, 15) is 9.59 Å². The summed E-state index contributed by atoms with van der Waals surface area (Å²) in [5, 5.41) is 3.89. The summed E-state index contributed by atoms with van der Waals surface area (Å²) in [6, 6.07) is 7.59. The van der Waals surface area contributed by atoms with E-state index in [1.54, 1.807) is 6.07 Å². The van der Waals surface area contributed by atoms with Gasteiger partial charge in [0.25, 0.3) is 5.91 Å². The second-order valence-electron chi connectivity index (χ2n) is 5.96. The van der Waals surface area contributed by atoms with Crippen LogP contribution >= 0.6 is 0 Å². The van der Waals surface area contributed by atoms with Crippen molar-refractivity contribution in [2.75, 3.05) is 13.1 Å². The van der Waals surface area contributed by atoms with Crippen molar-refractivity contribution in [3.63, 3.8) is 0 Å². The molecular formula is C16H16N2O3. The first-order valence-corrected chi connectivity index (χ1v) is 7.19. The summed E-state index contributed by atoms with van der Waals surface area (Å²) in [6.45, 7) is 3.16. The van der Waals surface area contributed by atoms with Crippen molar-refractivity contribution in [1.29, 1.82) is 0 Å². The Hall–Kier alpha value is -2.30. The predicted molar refractivity (Wildman–Crippen MR) is 76.9 cm³/mol. The molecule has 0 spiro atoms. The van der Waals surface area contributed by atoms with Crippen LogP contribution in [-0.4, -0.2) is 35.8 Å². The van der Waals surface area contributed by atoms with Crippen molar-refractivity contribution in [3.05, 3.63) is 35.6 Å². The van der Waals surface area contributed by atoms with E-state index in [0.29, 0.717) is 25.1 Å². The number of hydrogen-bond donors (Lipinski definition) is 1. The zero-order chi connectivity index (χ0) is 14.6. The monoisotopic (exact) mass is 284 g/mol. The lowest BCUT2D eigenvalue weighted by molar-refractivity contribution is -0.119. The lowest BCUT2D eigenvalue weighted by Crippen LogP contribution is -2.35. The Labute approximate surface area is 121 Å². The molecule has 3 heterocycles. The standard InChI is InChI=1S/C16H16N2O3/c1-9-4-11-5-10(2-3-14(11)21-9)16(20)18-7-12-6-15(19)17-13(12)8-18/h2-5,12-13H,6-8H2,1H3,(H,17,19)/t12-,13+/m0/s1. The van der Waals surface area contributed by atoms with E-state index in [1.165, 1.54) is 0 Å². The lowest BCUT2D eigenvalue weighted by atomic mass is 10.1. The molecule has 108 valence electrons. The van der Waals surface area contributed by atoms with Crippen molar-refractivity contribution in [2.45, 2.75) is 19.4 Å². The van der Waals surface area contributed by atoms with Crippen LogP contribution < -0.4 is 5.32 Å². The van der Waals surface area contributed by atoms with Crippen LogP contribution in [0.5, 0.6) is 0 Å². The number of amides is 2. The Morgan fingerprint density at radius 2 is 2.19 bits per heavy atom. The largest absolute Gasteiger partial charge is 0.461 e. The molecule has 2 atom stereocenters. The SMILES string of the molecule is Cc1cc2cc(C(=O)N3C[C@@H]4CC(=O)N[C@@H]4C3)ccc2o1. The van der Waals surface area contributed by atoms with Gasteiger partial charge in [-0.05, 0) is 31.2 Å². The number of likely N-dealkylation sites (tertiary alicyclic amines) is 1. The fraction of sp³-hybridized carbons (Fsp3) is 0.375. The zero-order valence-corrected chi connectivity index (χ0v) is 11.8. The first-order chi connectivity index (χ1) is 10.1. The average molecular weight is 284 g/mol. The number of benzene rings is 1. The Morgan fingerprint density at radius 1 is 1.33 bits per heavy atom. The van der Waals surface area contributed by atoms with Crippen LogP contribution in [-0.2, 0) is 4.79 Å². The second kappa shape index (κ2) is 4.35. The number of nitrogens with one attached hydrogen (secondary N) is 1. The number of fused-ring (bicyclic) bond motifs is 2. The van der Waals surface area contributed by atoms with Gasteiger partial charge in [0.2, 0.25) is 5.91 Å². The maximum atomic E-state index is 12.6. The number of aryl methyl sites for hydroxylation is 1. The third-order valence-electron chi connectivity index (χ3n) is 4.41. The van der Waals surface area contributed by atoms with Crippen LogP contribution in [0.4, 0.5) is 0 Å². The molecular weight excluding hydrogens is 268 g/mol. The number of carbonyl (C=O) groups excluding carboxylic acids is 2. The summed E-state index contributed by atoms with van der Waals surface area (Å²) in [4.78, 5) is 25.8. The second-order valence-corrected chi connectivity index (χ2v) is 5.96. The summed E-state index contributed by atoms with van der Waals surface area (Å²) in [6.07, 6.45) is 0.536. The molecule has 2 fully saturated rings. The molecule has 0 aliphatic carbocycles. The summed E-state index contributed by atoms with van der Waals surface area (Å²) in [5.41, 5.74) is 1.48. The van der Waals surface area contributed by atoms with Gasteiger partial charge < -0.3 is 14.6 Å². The molecule has 1 aromatic heterocycles. The minimum atomic E-state index is 0.0272. The van der Waals surface area contributed by atoms with Gasteiger partial charge in [0.1, 0.15) is 11.3 Å². The van der Waals surface area contributed by atoms with E-state index < -0.39 is 0 Å². The first kappa shape index (κ1) is 12.4. The molecule has 0 saturated carbocycles. The van der Waals surface area contributed by atoms with Gasteiger partial charge in [0.05, 0.1) is 6.04 Å². The third-order valence-corrected chi connectivity index (χ3v) is 4.41. The maximum Gasteiger partial charge on any atom is 0.253 e. The van der Waals surface area contributed by atoms with Crippen molar-refractivity contribution in [3.8, 4) is 0 Å².